The summed E-state index contributed by atoms with van der Waals surface area (Å²) in [6.07, 6.45) is 1.83. The quantitative estimate of drug-likeness (QED) is 0.494. The van der Waals surface area contributed by atoms with Gasteiger partial charge < -0.3 is 9.57 Å². The molecule has 116 valence electrons. The Morgan fingerprint density at radius 3 is 2.77 bits per heavy atom. The Kier molecular flexibility index (Phi) is 5.11. The number of benzene rings is 1. The first-order valence-electron chi connectivity index (χ1n) is 6.49. The van der Waals surface area contributed by atoms with E-state index in [1.54, 1.807) is 19.1 Å². The lowest BCUT2D eigenvalue weighted by Crippen LogP contribution is -2.11. The Morgan fingerprint density at radius 1 is 1.45 bits per heavy atom. The number of hydrogen-bond acceptors (Lipinski definition) is 5. The largest absolute Gasteiger partial charge is 0.458 e. The molecule has 1 aliphatic heterocycles. The van der Waals surface area contributed by atoms with Crippen LogP contribution < -0.4 is 10.2 Å². The summed E-state index contributed by atoms with van der Waals surface area (Å²) in [6.45, 7) is 7.29. The van der Waals surface area contributed by atoms with Crippen LogP contribution in [0.5, 0.6) is 5.75 Å². The van der Waals surface area contributed by atoms with Crippen LogP contribution in [-0.4, -0.2) is 11.6 Å². The Hall–Kier alpha value is -1.98. The normalized spacial score (nSPS) is 15.1. The van der Waals surface area contributed by atoms with E-state index in [0.29, 0.717) is 29.1 Å². The molecule has 0 spiro atoms. The lowest BCUT2D eigenvalue weighted by Gasteiger charge is -2.09. The van der Waals surface area contributed by atoms with Gasteiger partial charge >= 0.3 is 0 Å². The molecule has 1 aromatic rings. The van der Waals surface area contributed by atoms with E-state index in [1.165, 1.54) is 6.26 Å². The van der Waals surface area contributed by atoms with Gasteiger partial charge in [0.25, 0.3) is 5.88 Å². The summed E-state index contributed by atoms with van der Waals surface area (Å²) in [6, 6.07) is 3.11. The number of nitrogens with one attached hydrogen (secondary N) is 1. The van der Waals surface area contributed by atoms with Crippen LogP contribution in [0.2, 0.25) is 10.0 Å². The minimum absolute atomic E-state index is 0.127. The number of hydroxylamine groups is 1. The van der Waals surface area contributed by atoms with Crippen LogP contribution >= 0.6 is 23.2 Å². The predicted octanol–water partition coefficient (Wildman–Crippen LogP) is 4.27. The average molecular weight is 341 g/mol. The molecule has 0 unspecified atom stereocenters. The number of amidine groups is 1. The van der Waals surface area contributed by atoms with Crippen LogP contribution in [-0.2, 0) is 4.84 Å². The van der Waals surface area contributed by atoms with E-state index in [0.717, 1.165) is 0 Å². The van der Waals surface area contributed by atoms with Crippen molar-refractivity contribution in [1.29, 1.82) is 0 Å². The zero-order valence-electron chi connectivity index (χ0n) is 12.1. The van der Waals surface area contributed by atoms with Gasteiger partial charge in [-0.15, -0.1) is 0 Å². The molecule has 7 heteroatoms. The Balaban J connectivity index is 2.24. The minimum Gasteiger partial charge on any atom is -0.458 e. The zero-order valence-corrected chi connectivity index (χ0v) is 13.6. The number of rotatable bonds is 5. The summed E-state index contributed by atoms with van der Waals surface area (Å²) in [5.74, 6) is 0.922. The van der Waals surface area contributed by atoms with Gasteiger partial charge in [0.1, 0.15) is 16.6 Å². The van der Waals surface area contributed by atoms with E-state index < -0.39 is 0 Å². The van der Waals surface area contributed by atoms with Crippen LogP contribution in [0.4, 0.5) is 0 Å². The first-order valence-corrected chi connectivity index (χ1v) is 7.25. The minimum atomic E-state index is -0.233. The van der Waals surface area contributed by atoms with Crippen molar-refractivity contribution in [2.45, 2.75) is 20.3 Å². The van der Waals surface area contributed by atoms with Crippen molar-refractivity contribution in [2.24, 2.45) is 4.99 Å². The third-order valence-corrected chi connectivity index (χ3v) is 3.77. The van der Waals surface area contributed by atoms with Crippen molar-refractivity contribution in [3.05, 3.63) is 52.0 Å². The molecular formula is C15H14Cl2N2O3. The van der Waals surface area contributed by atoms with Crippen molar-refractivity contribution in [3.63, 3.8) is 0 Å². The highest BCUT2D eigenvalue weighted by Gasteiger charge is 2.18. The van der Waals surface area contributed by atoms with Gasteiger partial charge in [0.15, 0.2) is 12.0 Å². The van der Waals surface area contributed by atoms with Crippen LogP contribution in [0.25, 0.3) is 0 Å². The SMILES string of the molecule is C=C(CC)C(=O)c1ccc(OC=C2N=C(C)NO2)c(Cl)c1Cl. The number of hydrogen-bond donors (Lipinski definition) is 1. The monoisotopic (exact) mass is 340 g/mol. The van der Waals surface area contributed by atoms with Gasteiger partial charge in [-0.05, 0) is 31.1 Å². The van der Waals surface area contributed by atoms with Gasteiger partial charge in [0, 0.05) is 5.56 Å². The number of Topliss-reactive ketones (excluding diaryl/α,β-unsaturated/α-hetero) is 1. The molecule has 0 radical (unpaired) electrons. The zero-order chi connectivity index (χ0) is 16.3. The topological polar surface area (TPSA) is 59.9 Å². The molecule has 1 aliphatic rings. The van der Waals surface area contributed by atoms with E-state index in [2.05, 4.69) is 17.1 Å². The van der Waals surface area contributed by atoms with Crippen molar-refractivity contribution in [1.82, 2.24) is 5.48 Å². The molecule has 1 N–H and O–H groups in total. The molecule has 0 amide bonds. The van der Waals surface area contributed by atoms with E-state index in [1.807, 2.05) is 6.92 Å². The van der Waals surface area contributed by atoms with E-state index in [-0.39, 0.29) is 21.7 Å². The molecular weight excluding hydrogens is 327 g/mol. The van der Waals surface area contributed by atoms with E-state index in [9.17, 15) is 4.79 Å². The molecule has 0 fully saturated rings. The molecule has 2 rings (SSSR count). The Bertz CT molecular complexity index is 696. The fourth-order valence-electron chi connectivity index (χ4n) is 1.65. The standard InChI is InChI=1S/C15H14Cl2N2O3/c1-4-8(2)15(20)10-5-6-11(14(17)13(10)16)21-7-12-18-9(3)19-22-12/h5-7H,2,4H2,1,3H3,(H,18,19). The molecule has 1 aromatic carbocycles. The maximum atomic E-state index is 12.1. The number of aliphatic imine (C=N–C) groups is 1. The Labute approximate surface area is 138 Å². The van der Waals surface area contributed by atoms with Gasteiger partial charge in [-0.25, -0.2) is 5.48 Å². The van der Waals surface area contributed by atoms with Gasteiger partial charge in [-0.2, -0.15) is 4.99 Å². The second-order valence-electron chi connectivity index (χ2n) is 4.50. The molecule has 1 heterocycles. The molecule has 0 aromatic heterocycles. The van der Waals surface area contributed by atoms with Gasteiger partial charge in [0.2, 0.25) is 0 Å². The third-order valence-electron chi connectivity index (χ3n) is 2.91. The van der Waals surface area contributed by atoms with Crippen molar-refractivity contribution < 1.29 is 14.4 Å². The number of carbonyl (C=O) groups excluding carboxylic acids is 1. The smallest absolute Gasteiger partial charge is 0.282 e. The highest BCUT2D eigenvalue weighted by molar-refractivity contribution is 6.45. The van der Waals surface area contributed by atoms with E-state index in [4.69, 9.17) is 32.8 Å². The molecule has 22 heavy (non-hydrogen) atoms. The number of ketones is 1. The van der Waals surface area contributed by atoms with Crippen molar-refractivity contribution >= 4 is 34.8 Å². The van der Waals surface area contributed by atoms with Crippen LogP contribution in [0, 0.1) is 0 Å². The second-order valence-corrected chi connectivity index (χ2v) is 5.26. The average Bonchev–Trinajstić information content (AvgIpc) is 2.93. The summed E-state index contributed by atoms with van der Waals surface area (Å²) in [5.41, 5.74) is 3.32. The maximum absolute atomic E-state index is 12.1. The Morgan fingerprint density at radius 2 is 2.18 bits per heavy atom. The summed E-state index contributed by atoms with van der Waals surface area (Å²) in [4.78, 5) is 21.1. The van der Waals surface area contributed by atoms with Crippen molar-refractivity contribution in [3.8, 4) is 5.75 Å². The summed E-state index contributed by atoms with van der Waals surface area (Å²) in [5, 5.41) is 0.266. The van der Waals surface area contributed by atoms with Crippen molar-refractivity contribution in [2.75, 3.05) is 0 Å². The molecule has 5 nitrogen and oxygen atoms in total. The molecule has 0 bridgehead atoms. The lowest BCUT2D eigenvalue weighted by atomic mass is 10.0. The molecule has 0 atom stereocenters. The summed E-state index contributed by atoms with van der Waals surface area (Å²) >= 11 is 12.3. The highest BCUT2D eigenvalue weighted by Crippen LogP contribution is 2.36. The van der Waals surface area contributed by atoms with E-state index >= 15 is 0 Å². The van der Waals surface area contributed by atoms with Gasteiger partial charge in [-0.1, -0.05) is 36.7 Å². The molecule has 0 saturated heterocycles. The number of carbonyl (C=O) groups is 1. The van der Waals surface area contributed by atoms with Gasteiger partial charge in [-0.3, -0.25) is 4.79 Å². The second kappa shape index (κ2) is 6.85. The molecule has 0 aliphatic carbocycles. The van der Waals surface area contributed by atoms with Crippen LogP contribution in [0.1, 0.15) is 30.6 Å². The number of allylic oxidation sites excluding steroid dienone is 1. The van der Waals surface area contributed by atoms with Crippen LogP contribution in [0.15, 0.2) is 41.4 Å². The lowest BCUT2D eigenvalue weighted by molar-refractivity contribution is 0.103. The predicted molar refractivity (Wildman–Crippen MR) is 86.3 cm³/mol. The molecule has 0 saturated carbocycles. The first-order chi connectivity index (χ1) is 10.4. The van der Waals surface area contributed by atoms with Crippen LogP contribution in [0.3, 0.4) is 0 Å². The highest BCUT2D eigenvalue weighted by atomic mass is 35.5. The summed E-state index contributed by atoms with van der Waals surface area (Å²) in [7, 11) is 0. The number of ether oxygens (including phenoxy) is 1. The van der Waals surface area contributed by atoms with Gasteiger partial charge in [0.05, 0.1) is 5.02 Å². The number of nitrogens with zero attached hydrogens (tertiary/aromatic N) is 1. The summed E-state index contributed by atoms with van der Waals surface area (Å²) < 4.78 is 5.39. The number of halogens is 2. The fourth-order valence-corrected chi connectivity index (χ4v) is 2.10. The third kappa shape index (κ3) is 3.43. The first kappa shape index (κ1) is 16.4. The maximum Gasteiger partial charge on any atom is 0.282 e. The fraction of sp³-hybridized carbons (Fsp3) is 0.200.